The van der Waals surface area contributed by atoms with Gasteiger partial charge < -0.3 is 15.1 Å². The predicted octanol–water partition coefficient (Wildman–Crippen LogP) is 1.05. The number of hydrogen-bond donors (Lipinski definition) is 1. The highest BCUT2D eigenvalue weighted by molar-refractivity contribution is 5.73. The van der Waals surface area contributed by atoms with E-state index in [2.05, 4.69) is 11.9 Å². The third-order valence-corrected chi connectivity index (χ3v) is 3.79. The molecule has 5 nitrogen and oxygen atoms in total. The van der Waals surface area contributed by atoms with Crippen LogP contribution in [0.5, 0.6) is 0 Å². The van der Waals surface area contributed by atoms with Gasteiger partial charge in [0.25, 0.3) is 0 Å². The number of benzene rings is 1. The molecule has 2 aromatic rings. The van der Waals surface area contributed by atoms with Gasteiger partial charge in [-0.25, -0.2) is 4.79 Å². The molecular formula is C14H19N3O2. The Kier molecular flexibility index (Phi) is 2.76. The minimum atomic E-state index is -0.320. The molecule has 1 heterocycles. The van der Waals surface area contributed by atoms with Gasteiger partial charge >= 0.3 is 5.76 Å². The van der Waals surface area contributed by atoms with Gasteiger partial charge in [0.05, 0.1) is 5.52 Å². The van der Waals surface area contributed by atoms with Gasteiger partial charge in [0, 0.05) is 25.7 Å². The van der Waals surface area contributed by atoms with Crippen molar-refractivity contribution in [2.24, 2.45) is 12.8 Å². The molecular weight excluding hydrogens is 242 g/mol. The van der Waals surface area contributed by atoms with E-state index in [-0.39, 0.29) is 11.3 Å². The summed E-state index contributed by atoms with van der Waals surface area (Å²) in [6, 6.07) is 5.86. The number of aryl methyl sites for hydroxylation is 1. The summed E-state index contributed by atoms with van der Waals surface area (Å²) in [5.74, 6) is -0.320. The minimum Gasteiger partial charge on any atom is -0.408 e. The number of nitrogens with zero attached hydrogens (tertiary/aromatic N) is 2. The maximum Gasteiger partial charge on any atom is 0.419 e. The third kappa shape index (κ3) is 2.43. The van der Waals surface area contributed by atoms with Crippen molar-refractivity contribution in [3.8, 4) is 0 Å². The second-order valence-electron chi connectivity index (χ2n) is 5.76. The quantitative estimate of drug-likeness (QED) is 0.893. The van der Waals surface area contributed by atoms with Gasteiger partial charge in [-0.3, -0.25) is 4.57 Å². The van der Waals surface area contributed by atoms with Crippen LogP contribution in [0.1, 0.15) is 18.4 Å². The van der Waals surface area contributed by atoms with Crippen molar-refractivity contribution >= 4 is 11.1 Å². The average molecular weight is 261 g/mol. The van der Waals surface area contributed by atoms with E-state index >= 15 is 0 Å². The Bertz CT molecular complexity index is 667. The number of oxazole rings is 1. The molecule has 1 aromatic carbocycles. The minimum absolute atomic E-state index is 0.0291. The van der Waals surface area contributed by atoms with Crippen LogP contribution >= 0.6 is 0 Å². The first-order valence-corrected chi connectivity index (χ1v) is 6.53. The van der Waals surface area contributed by atoms with Crippen LogP contribution in [0.25, 0.3) is 11.1 Å². The molecule has 102 valence electrons. The Labute approximate surface area is 111 Å². The summed E-state index contributed by atoms with van der Waals surface area (Å²) in [6.07, 6.45) is 2.24. The van der Waals surface area contributed by atoms with Gasteiger partial charge in [-0.2, -0.15) is 0 Å². The standard InChI is InChI=1S/C14H19N3O2/c1-16(9-14(15)5-6-14)8-10-3-4-12-11(7-10)17(2)13(18)19-12/h3-4,7H,5-6,8-9,15H2,1-2H3. The molecule has 0 saturated heterocycles. The molecule has 0 atom stereocenters. The molecule has 0 unspecified atom stereocenters. The molecule has 1 aliphatic carbocycles. The molecule has 1 aromatic heterocycles. The summed E-state index contributed by atoms with van der Waals surface area (Å²) in [5, 5.41) is 0. The molecule has 0 amide bonds. The number of nitrogens with two attached hydrogens (primary N) is 1. The second kappa shape index (κ2) is 4.21. The zero-order valence-corrected chi connectivity index (χ0v) is 11.3. The summed E-state index contributed by atoms with van der Waals surface area (Å²) in [4.78, 5) is 13.7. The molecule has 0 spiro atoms. The van der Waals surface area contributed by atoms with Crippen molar-refractivity contribution in [3.05, 3.63) is 34.3 Å². The van der Waals surface area contributed by atoms with Crippen LogP contribution in [-0.2, 0) is 13.6 Å². The van der Waals surface area contributed by atoms with E-state index in [0.717, 1.165) is 37.0 Å². The Morgan fingerprint density at radius 1 is 1.47 bits per heavy atom. The van der Waals surface area contributed by atoms with Crippen LogP contribution in [0.2, 0.25) is 0 Å². The molecule has 2 N–H and O–H groups in total. The number of likely N-dealkylation sites (N-methyl/N-ethyl adjacent to an activating group) is 1. The van der Waals surface area contributed by atoms with Gasteiger partial charge in [-0.1, -0.05) is 6.07 Å². The first-order chi connectivity index (χ1) is 8.97. The van der Waals surface area contributed by atoms with Crippen LogP contribution in [0.4, 0.5) is 0 Å². The summed E-state index contributed by atoms with van der Waals surface area (Å²) < 4.78 is 6.65. The second-order valence-corrected chi connectivity index (χ2v) is 5.76. The summed E-state index contributed by atoms with van der Waals surface area (Å²) in [7, 11) is 3.80. The number of aromatic nitrogens is 1. The molecule has 1 aliphatic rings. The molecule has 0 radical (unpaired) electrons. The Balaban J connectivity index is 1.80. The molecule has 19 heavy (non-hydrogen) atoms. The lowest BCUT2D eigenvalue weighted by atomic mass is 10.2. The zero-order chi connectivity index (χ0) is 13.6. The fraction of sp³-hybridized carbons (Fsp3) is 0.500. The van der Waals surface area contributed by atoms with Gasteiger partial charge in [0.2, 0.25) is 0 Å². The maximum atomic E-state index is 11.4. The fourth-order valence-corrected chi connectivity index (χ4v) is 2.49. The average Bonchev–Trinajstić information content (AvgIpc) is 2.99. The lowest BCUT2D eigenvalue weighted by Crippen LogP contribution is -2.36. The fourth-order valence-electron chi connectivity index (χ4n) is 2.49. The van der Waals surface area contributed by atoms with E-state index in [1.54, 1.807) is 7.05 Å². The predicted molar refractivity (Wildman–Crippen MR) is 73.9 cm³/mol. The molecule has 0 aliphatic heterocycles. The van der Waals surface area contributed by atoms with Gasteiger partial charge in [-0.15, -0.1) is 0 Å². The highest BCUT2D eigenvalue weighted by atomic mass is 16.4. The van der Waals surface area contributed by atoms with Crippen molar-refractivity contribution < 1.29 is 4.42 Å². The lowest BCUT2D eigenvalue weighted by molar-refractivity contribution is 0.296. The zero-order valence-electron chi connectivity index (χ0n) is 11.3. The van der Waals surface area contributed by atoms with E-state index < -0.39 is 0 Å². The first-order valence-electron chi connectivity index (χ1n) is 6.53. The SMILES string of the molecule is CN(Cc1ccc2oc(=O)n(C)c2c1)CC1(N)CC1. The van der Waals surface area contributed by atoms with E-state index in [1.165, 1.54) is 4.57 Å². The molecule has 1 saturated carbocycles. The molecule has 3 rings (SSSR count). The van der Waals surface area contributed by atoms with E-state index in [9.17, 15) is 4.79 Å². The van der Waals surface area contributed by atoms with Crippen LogP contribution < -0.4 is 11.5 Å². The number of hydrogen-bond acceptors (Lipinski definition) is 4. The molecule has 1 fully saturated rings. The van der Waals surface area contributed by atoms with Crippen molar-refractivity contribution in [1.29, 1.82) is 0 Å². The van der Waals surface area contributed by atoms with Gasteiger partial charge in [0.15, 0.2) is 5.58 Å². The van der Waals surface area contributed by atoms with Gasteiger partial charge in [0.1, 0.15) is 0 Å². The third-order valence-electron chi connectivity index (χ3n) is 3.79. The summed E-state index contributed by atoms with van der Waals surface area (Å²) in [5.41, 5.74) is 8.78. The summed E-state index contributed by atoms with van der Waals surface area (Å²) >= 11 is 0. The number of fused-ring (bicyclic) bond motifs is 1. The molecule has 0 bridgehead atoms. The summed E-state index contributed by atoms with van der Waals surface area (Å²) in [6.45, 7) is 1.74. The van der Waals surface area contributed by atoms with Crippen molar-refractivity contribution in [2.45, 2.75) is 24.9 Å². The van der Waals surface area contributed by atoms with Crippen LogP contribution in [0, 0.1) is 0 Å². The topological polar surface area (TPSA) is 64.4 Å². The van der Waals surface area contributed by atoms with Crippen LogP contribution in [0.15, 0.2) is 27.4 Å². The maximum absolute atomic E-state index is 11.4. The smallest absolute Gasteiger partial charge is 0.408 e. The van der Waals surface area contributed by atoms with Gasteiger partial charge in [-0.05, 0) is 37.6 Å². The normalized spacial score (nSPS) is 17.3. The van der Waals surface area contributed by atoms with E-state index in [1.807, 2.05) is 18.2 Å². The van der Waals surface area contributed by atoms with Crippen molar-refractivity contribution in [1.82, 2.24) is 9.47 Å². The Morgan fingerprint density at radius 2 is 2.21 bits per heavy atom. The van der Waals surface area contributed by atoms with Crippen molar-refractivity contribution in [3.63, 3.8) is 0 Å². The highest BCUT2D eigenvalue weighted by Gasteiger charge is 2.38. The van der Waals surface area contributed by atoms with Crippen LogP contribution in [0.3, 0.4) is 0 Å². The lowest BCUT2D eigenvalue weighted by Gasteiger charge is -2.20. The number of rotatable bonds is 4. The Morgan fingerprint density at radius 3 is 2.89 bits per heavy atom. The Hall–Kier alpha value is -1.59. The van der Waals surface area contributed by atoms with Crippen molar-refractivity contribution in [2.75, 3.05) is 13.6 Å². The van der Waals surface area contributed by atoms with Crippen LogP contribution in [-0.4, -0.2) is 28.6 Å². The molecule has 5 heteroatoms. The largest absolute Gasteiger partial charge is 0.419 e. The van der Waals surface area contributed by atoms with E-state index in [0.29, 0.717) is 5.58 Å². The van der Waals surface area contributed by atoms with E-state index in [4.69, 9.17) is 10.2 Å². The monoisotopic (exact) mass is 261 g/mol. The highest BCUT2D eigenvalue weighted by Crippen LogP contribution is 2.32. The first kappa shape index (κ1) is 12.4.